The van der Waals surface area contributed by atoms with E-state index in [-0.39, 0.29) is 6.04 Å². The molecule has 1 saturated carbocycles. The standard InChI is InChI=1S/C17H18ClNS/c18-13-7-9-14(10-8-13)20-17-4-2-1-3-15(17)16(19)11-12-5-6-12/h1-4,7-10,12,16H,5-6,11,19H2/t16-/m0/s1. The summed E-state index contributed by atoms with van der Waals surface area (Å²) in [4.78, 5) is 2.45. The molecule has 2 N–H and O–H groups in total. The molecule has 3 rings (SSSR count). The molecule has 0 saturated heterocycles. The highest BCUT2D eigenvalue weighted by atomic mass is 35.5. The van der Waals surface area contributed by atoms with Crippen molar-refractivity contribution in [2.45, 2.75) is 35.1 Å². The molecule has 104 valence electrons. The van der Waals surface area contributed by atoms with Gasteiger partial charge >= 0.3 is 0 Å². The molecule has 20 heavy (non-hydrogen) atoms. The molecule has 0 radical (unpaired) electrons. The zero-order valence-corrected chi connectivity index (χ0v) is 12.8. The van der Waals surface area contributed by atoms with E-state index in [4.69, 9.17) is 17.3 Å². The van der Waals surface area contributed by atoms with Crippen LogP contribution in [0.1, 0.15) is 30.9 Å². The second-order valence-electron chi connectivity index (χ2n) is 5.38. The highest BCUT2D eigenvalue weighted by molar-refractivity contribution is 7.99. The predicted octanol–water partition coefficient (Wildman–Crippen LogP) is 5.29. The van der Waals surface area contributed by atoms with Crippen molar-refractivity contribution in [3.05, 3.63) is 59.1 Å². The van der Waals surface area contributed by atoms with Crippen LogP contribution >= 0.6 is 23.4 Å². The minimum Gasteiger partial charge on any atom is -0.324 e. The van der Waals surface area contributed by atoms with E-state index < -0.39 is 0 Å². The molecule has 0 heterocycles. The summed E-state index contributed by atoms with van der Waals surface area (Å²) in [6.45, 7) is 0. The van der Waals surface area contributed by atoms with E-state index in [1.165, 1.54) is 28.2 Å². The molecular weight excluding hydrogens is 286 g/mol. The summed E-state index contributed by atoms with van der Waals surface area (Å²) in [5, 5.41) is 0.771. The third-order valence-corrected chi connectivity index (χ3v) is 5.00. The lowest BCUT2D eigenvalue weighted by molar-refractivity contribution is 0.589. The Morgan fingerprint density at radius 1 is 1.10 bits per heavy atom. The number of halogens is 1. The first-order valence-corrected chi connectivity index (χ1v) is 8.20. The quantitative estimate of drug-likeness (QED) is 0.812. The third kappa shape index (κ3) is 3.57. The lowest BCUT2D eigenvalue weighted by Crippen LogP contribution is -2.11. The summed E-state index contributed by atoms with van der Waals surface area (Å²) >= 11 is 7.69. The maximum atomic E-state index is 6.38. The van der Waals surface area contributed by atoms with Crippen LogP contribution in [0.3, 0.4) is 0 Å². The zero-order valence-electron chi connectivity index (χ0n) is 11.3. The number of hydrogen-bond acceptors (Lipinski definition) is 2. The van der Waals surface area contributed by atoms with Crippen molar-refractivity contribution < 1.29 is 0 Å². The Labute approximate surface area is 129 Å². The van der Waals surface area contributed by atoms with Crippen LogP contribution in [0.15, 0.2) is 58.3 Å². The Morgan fingerprint density at radius 2 is 1.80 bits per heavy atom. The summed E-state index contributed by atoms with van der Waals surface area (Å²) < 4.78 is 0. The SMILES string of the molecule is N[C@@H](CC1CC1)c1ccccc1Sc1ccc(Cl)cc1. The molecule has 1 aliphatic rings. The molecule has 0 aliphatic heterocycles. The summed E-state index contributed by atoms with van der Waals surface area (Å²) in [6, 6.07) is 16.6. The first-order chi connectivity index (χ1) is 9.72. The van der Waals surface area contributed by atoms with Gasteiger partial charge in [-0.1, -0.05) is 54.4 Å². The van der Waals surface area contributed by atoms with Crippen molar-refractivity contribution >= 4 is 23.4 Å². The monoisotopic (exact) mass is 303 g/mol. The van der Waals surface area contributed by atoms with E-state index in [0.717, 1.165) is 17.4 Å². The lowest BCUT2D eigenvalue weighted by Gasteiger charge is -2.16. The Kier molecular flexibility index (Phi) is 4.35. The first kappa shape index (κ1) is 14.0. The van der Waals surface area contributed by atoms with Crippen molar-refractivity contribution in [3.8, 4) is 0 Å². The van der Waals surface area contributed by atoms with Crippen molar-refractivity contribution in [1.82, 2.24) is 0 Å². The van der Waals surface area contributed by atoms with Crippen LogP contribution in [-0.4, -0.2) is 0 Å². The normalized spacial score (nSPS) is 16.1. The van der Waals surface area contributed by atoms with Gasteiger partial charge in [-0.15, -0.1) is 0 Å². The lowest BCUT2D eigenvalue weighted by atomic mass is 10.0. The van der Waals surface area contributed by atoms with E-state index in [2.05, 4.69) is 36.4 Å². The second kappa shape index (κ2) is 6.21. The maximum absolute atomic E-state index is 6.38. The van der Waals surface area contributed by atoms with Gasteiger partial charge in [0.05, 0.1) is 0 Å². The molecular formula is C17H18ClNS. The van der Waals surface area contributed by atoms with Crippen LogP contribution in [0, 0.1) is 5.92 Å². The number of nitrogens with two attached hydrogens (primary N) is 1. The summed E-state index contributed by atoms with van der Waals surface area (Å²) in [7, 11) is 0. The molecule has 0 spiro atoms. The van der Waals surface area contributed by atoms with Crippen LogP contribution in [-0.2, 0) is 0 Å². The van der Waals surface area contributed by atoms with Crippen molar-refractivity contribution in [2.24, 2.45) is 11.7 Å². The fourth-order valence-electron chi connectivity index (χ4n) is 2.35. The largest absolute Gasteiger partial charge is 0.324 e. The van der Waals surface area contributed by atoms with Crippen molar-refractivity contribution in [3.63, 3.8) is 0 Å². The van der Waals surface area contributed by atoms with Gasteiger partial charge in [-0.05, 0) is 48.2 Å². The highest BCUT2D eigenvalue weighted by Gasteiger charge is 2.25. The molecule has 0 unspecified atom stereocenters. The Morgan fingerprint density at radius 3 is 2.50 bits per heavy atom. The van der Waals surface area contributed by atoms with Crippen LogP contribution in [0.5, 0.6) is 0 Å². The van der Waals surface area contributed by atoms with Crippen LogP contribution in [0.4, 0.5) is 0 Å². The molecule has 1 fully saturated rings. The summed E-state index contributed by atoms with van der Waals surface area (Å²) in [5.41, 5.74) is 7.64. The molecule has 1 aliphatic carbocycles. The average molecular weight is 304 g/mol. The topological polar surface area (TPSA) is 26.0 Å². The first-order valence-electron chi connectivity index (χ1n) is 7.00. The zero-order chi connectivity index (χ0) is 13.9. The predicted molar refractivity (Wildman–Crippen MR) is 86.3 cm³/mol. The molecule has 1 nitrogen and oxygen atoms in total. The molecule has 3 heteroatoms. The highest BCUT2D eigenvalue weighted by Crippen LogP contribution is 2.40. The fourth-order valence-corrected chi connectivity index (χ4v) is 3.49. The minimum atomic E-state index is 0.151. The second-order valence-corrected chi connectivity index (χ2v) is 6.93. The maximum Gasteiger partial charge on any atom is 0.0406 e. The molecule has 2 aromatic rings. The van der Waals surface area contributed by atoms with Gasteiger partial charge in [-0.25, -0.2) is 0 Å². The van der Waals surface area contributed by atoms with Crippen molar-refractivity contribution in [1.29, 1.82) is 0 Å². The molecule has 0 amide bonds. The number of benzene rings is 2. The Balaban J connectivity index is 1.79. The smallest absolute Gasteiger partial charge is 0.0406 e. The van der Waals surface area contributed by atoms with E-state index >= 15 is 0 Å². The average Bonchev–Trinajstić information content (AvgIpc) is 3.26. The molecule has 0 bridgehead atoms. The van der Waals surface area contributed by atoms with Gasteiger partial charge in [-0.2, -0.15) is 0 Å². The van der Waals surface area contributed by atoms with Crippen LogP contribution in [0.2, 0.25) is 5.02 Å². The molecule has 0 aromatic heterocycles. The van der Waals surface area contributed by atoms with Gasteiger partial charge in [0.1, 0.15) is 0 Å². The third-order valence-electron chi connectivity index (χ3n) is 3.64. The van der Waals surface area contributed by atoms with Crippen LogP contribution in [0.25, 0.3) is 0 Å². The summed E-state index contributed by atoms with van der Waals surface area (Å²) in [6.07, 6.45) is 3.80. The van der Waals surface area contributed by atoms with E-state index in [1.807, 2.05) is 12.1 Å². The number of hydrogen-bond donors (Lipinski definition) is 1. The van der Waals surface area contributed by atoms with Gasteiger partial charge in [0, 0.05) is 20.9 Å². The van der Waals surface area contributed by atoms with Crippen molar-refractivity contribution in [2.75, 3.05) is 0 Å². The number of rotatable bonds is 5. The Bertz CT molecular complexity index is 578. The summed E-state index contributed by atoms with van der Waals surface area (Å²) in [5.74, 6) is 0.846. The van der Waals surface area contributed by atoms with Gasteiger partial charge < -0.3 is 5.73 Å². The van der Waals surface area contributed by atoms with Crippen LogP contribution < -0.4 is 5.73 Å². The Hall–Kier alpha value is -0.960. The van der Waals surface area contributed by atoms with E-state index in [0.29, 0.717) is 0 Å². The minimum absolute atomic E-state index is 0.151. The van der Waals surface area contributed by atoms with Gasteiger partial charge in [-0.3, -0.25) is 0 Å². The van der Waals surface area contributed by atoms with Gasteiger partial charge in [0.25, 0.3) is 0 Å². The van der Waals surface area contributed by atoms with Gasteiger partial charge in [0.15, 0.2) is 0 Å². The van der Waals surface area contributed by atoms with E-state index in [9.17, 15) is 0 Å². The van der Waals surface area contributed by atoms with E-state index in [1.54, 1.807) is 11.8 Å². The molecule has 1 atom stereocenters. The van der Waals surface area contributed by atoms with Gasteiger partial charge in [0.2, 0.25) is 0 Å². The fraction of sp³-hybridized carbons (Fsp3) is 0.294. The molecule has 2 aromatic carbocycles.